The van der Waals surface area contributed by atoms with Crippen molar-refractivity contribution in [1.29, 1.82) is 0 Å². The summed E-state index contributed by atoms with van der Waals surface area (Å²) < 4.78 is 0. The van der Waals surface area contributed by atoms with Crippen molar-refractivity contribution in [2.75, 3.05) is 11.9 Å². The Labute approximate surface area is 100 Å². The van der Waals surface area contributed by atoms with Gasteiger partial charge in [0.1, 0.15) is 0 Å². The summed E-state index contributed by atoms with van der Waals surface area (Å²) in [6, 6.07) is 4.76. The Morgan fingerprint density at radius 2 is 2.19 bits per heavy atom. The number of nitrogens with one attached hydrogen (secondary N) is 1. The van der Waals surface area contributed by atoms with E-state index >= 15 is 0 Å². The van der Waals surface area contributed by atoms with Crippen molar-refractivity contribution in [2.24, 2.45) is 0 Å². The Hall–Kier alpha value is -1.22. The Bertz CT molecular complexity index is 366. The number of carboxylic acids is 1. The number of rotatable bonds is 6. The minimum absolute atomic E-state index is 0.265. The van der Waals surface area contributed by atoms with Crippen molar-refractivity contribution in [2.45, 2.75) is 26.2 Å². The maximum atomic E-state index is 10.9. The highest BCUT2D eigenvalue weighted by Gasteiger charge is 2.09. The molecule has 0 saturated heterocycles. The molecule has 1 aromatic carbocycles. The summed E-state index contributed by atoms with van der Waals surface area (Å²) in [6.45, 7) is 2.90. The molecule has 0 unspecified atom stereocenters. The van der Waals surface area contributed by atoms with Crippen LogP contribution in [0.5, 0.6) is 0 Å². The number of benzene rings is 1. The largest absolute Gasteiger partial charge is 0.478 e. The second-order valence-electron chi connectivity index (χ2n) is 3.63. The second-order valence-corrected chi connectivity index (χ2v) is 4.07. The van der Waals surface area contributed by atoms with Gasteiger partial charge in [0.15, 0.2) is 0 Å². The molecule has 0 aliphatic rings. The Morgan fingerprint density at radius 1 is 1.44 bits per heavy atom. The third-order valence-electron chi connectivity index (χ3n) is 2.31. The van der Waals surface area contributed by atoms with Crippen LogP contribution in [-0.2, 0) is 0 Å². The zero-order chi connectivity index (χ0) is 12.0. The molecule has 88 valence electrons. The van der Waals surface area contributed by atoms with Gasteiger partial charge < -0.3 is 10.4 Å². The molecule has 0 spiro atoms. The van der Waals surface area contributed by atoms with Crippen LogP contribution in [0.25, 0.3) is 0 Å². The molecule has 1 aromatic rings. The van der Waals surface area contributed by atoms with Crippen LogP contribution in [0.15, 0.2) is 18.2 Å². The van der Waals surface area contributed by atoms with Gasteiger partial charge in [0, 0.05) is 11.6 Å². The normalized spacial score (nSPS) is 10.1. The van der Waals surface area contributed by atoms with E-state index in [1.54, 1.807) is 12.1 Å². The SMILES string of the molecule is CCCCCNc1cc(Cl)ccc1C(=O)O. The second kappa shape index (κ2) is 6.38. The first-order valence-corrected chi connectivity index (χ1v) is 5.79. The molecule has 16 heavy (non-hydrogen) atoms. The molecule has 0 aromatic heterocycles. The molecule has 0 aliphatic heterocycles. The van der Waals surface area contributed by atoms with Crippen molar-refractivity contribution in [3.63, 3.8) is 0 Å². The van der Waals surface area contributed by atoms with Gasteiger partial charge in [0.2, 0.25) is 0 Å². The molecule has 1 rings (SSSR count). The van der Waals surface area contributed by atoms with Crippen LogP contribution in [0, 0.1) is 0 Å². The van der Waals surface area contributed by atoms with Gasteiger partial charge in [0.05, 0.1) is 11.3 Å². The molecule has 0 fully saturated rings. The van der Waals surface area contributed by atoms with E-state index in [9.17, 15) is 4.79 Å². The molecule has 0 saturated carbocycles. The van der Waals surface area contributed by atoms with Crippen molar-refractivity contribution in [3.8, 4) is 0 Å². The maximum absolute atomic E-state index is 10.9. The molecule has 3 nitrogen and oxygen atoms in total. The van der Waals surface area contributed by atoms with Crippen LogP contribution in [0.3, 0.4) is 0 Å². The van der Waals surface area contributed by atoms with Gasteiger partial charge in [-0.15, -0.1) is 0 Å². The lowest BCUT2D eigenvalue weighted by molar-refractivity contribution is 0.0698. The van der Waals surface area contributed by atoms with Gasteiger partial charge in [0.25, 0.3) is 0 Å². The maximum Gasteiger partial charge on any atom is 0.337 e. The van der Waals surface area contributed by atoms with Gasteiger partial charge in [-0.3, -0.25) is 0 Å². The fourth-order valence-electron chi connectivity index (χ4n) is 1.45. The standard InChI is InChI=1S/C12H16ClNO2/c1-2-3-4-7-14-11-8-9(13)5-6-10(11)12(15)16/h5-6,8,14H,2-4,7H2,1H3,(H,15,16). The van der Waals surface area contributed by atoms with Gasteiger partial charge in [-0.2, -0.15) is 0 Å². The Morgan fingerprint density at radius 3 is 2.81 bits per heavy atom. The molecule has 0 heterocycles. The van der Waals surface area contributed by atoms with Crippen LogP contribution in [-0.4, -0.2) is 17.6 Å². The Kier molecular flexibility index (Phi) is 5.12. The molecule has 0 bridgehead atoms. The number of carbonyl (C=O) groups is 1. The summed E-state index contributed by atoms with van der Waals surface area (Å²) in [5.41, 5.74) is 0.858. The molecule has 0 amide bonds. The molecular formula is C12H16ClNO2. The predicted molar refractivity (Wildman–Crippen MR) is 66.4 cm³/mol. The zero-order valence-corrected chi connectivity index (χ0v) is 10.0. The molecule has 0 aliphatic carbocycles. The highest BCUT2D eigenvalue weighted by atomic mass is 35.5. The number of hydrogen-bond acceptors (Lipinski definition) is 2. The van der Waals surface area contributed by atoms with Gasteiger partial charge >= 0.3 is 5.97 Å². The first kappa shape index (κ1) is 12.8. The molecular weight excluding hydrogens is 226 g/mol. The van der Waals surface area contributed by atoms with E-state index < -0.39 is 5.97 Å². The van der Waals surface area contributed by atoms with Crippen LogP contribution in [0.2, 0.25) is 5.02 Å². The highest BCUT2D eigenvalue weighted by molar-refractivity contribution is 6.31. The van der Waals surface area contributed by atoms with Gasteiger partial charge in [-0.05, 0) is 24.6 Å². The number of aromatic carboxylic acids is 1. The molecule has 4 heteroatoms. The quantitative estimate of drug-likeness (QED) is 0.748. The average Bonchev–Trinajstić information content (AvgIpc) is 2.24. The van der Waals surface area contributed by atoms with E-state index in [-0.39, 0.29) is 5.56 Å². The number of hydrogen-bond donors (Lipinski definition) is 2. The van der Waals surface area contributed by atoms with Gasteiger partial charge in [-0.25, -0.2) is 4.79 Å². The number of halogens is 1. The summed E-state index contributed by atoms with van der Waals surface area (Å²) in [7, 11) is 0. The average molecular weight is 242 g/mol. The van der Waals surface area contributed by atoms with Crippen LogP contribution in [0.4, 0.5) is 5.69 Å². The van der Waals surface area contributed by atoms with E-state index in [1.165, 1.54) is 6.07 Å². The molecule has 0 atom stereocenters. The van der Waals surface area contributed by atoms with Crippen molar-refractivity contribution < 1.29 is 9.90 Å². The van der Waals surface area contributed by atoms with E-state index in [4.69, 9.17) is 16.7 Å². The third kappa shape index (κ3) is 3.74. The lowest BCUT2D eigenvalue weighted by atomic mass is 10.1. The van der Waals surface area contributed by atoms with Gasteiger partial charge in [-0.1, -0.05) is 31.4 Å². The summed E-state index contributed by atoms with van der Waals surface area (Å²) in [6.07, 6.45) is 3.31. The topological polar surface area (TPSA) is 49.3 Å². The molecule has 2 N–H and O–H groups in total. The minimum atomic E-state index is -0.936. The van der Waals surface area contributed by atoms with Crippen LogP contribution >= 0.6 is 11.6 Å². The minimum Gasteiger partial charge on any atom is -0.478 e. The van der Waals surface area contributed by atoms with E-state index in [0.717, 1.165) is 25.8 Å². The smallest absolute Gasteiger partial charge is 0.337 e. The first-order chi connectivity index (χ1) is 7.65. The predicted octanol–water partition coefficient (Wildman–Crippen LogP) is 3.64. The lowest BCUT2D eigenvalue weighted by Crippen LogP contribution is -2.07. The fourth-order valence-corrected chi connectivity index (χ4v) is 1.62. The van der Waals surface area contributed by atoms with Crippen molar-refractivity contribution in [3.05, 3.63) is 28.8 Å². The summed E-state index contributed by atoms with van der Waals surface area (Å²) in [5.74, 6) is -0.936. The summed E-state index contributed by atoms with van der Waals surface area (Å²) >= 11 is 5.83. The summed E-state index contributed by atoms with van der Waals surface area (Å²) in [4.78, 5) is 10.9. The Balaban J connectivity index is 2.68. The number of anilines is 1. The van der Waals surface area contributed by atoms with E-state index in [0.29, 0.717) is 10.7 Å². The van der Waals surface area contributed by atoms with Crippen LogP contribution < -0.4 is 5.32 Å². The van der Waals surface area contributed by atoms with E-state index in [2.05, 4.69) is 12.2 Å². The number of carboxylic acid groups (broad SMARTS) is 1. The third-order valence-corrected chi connectivity index (χ3v) is 2.54. The van der Waals surface area contributed by atoms with Crippen molar-refractivity contribution in [1.82, 2.24) is 0 Å². The summed E-state index contributed by atoms with van der Waals surface area (Å²) in [5, 5.41) is 12.6. The first-order valence-electron chi connectivity index (χ1n) is 5.42. The zero-order valence-electron chi connectivity index (χ0n) is 9.29. The monoisotopic (exact) mass is 241 g/mol. The lowest BCUT2D eigenvalue weighted by Gasteiger charge is -2.09. The van der Waals surface area contributed by atoms with Crippen LogP contribution in [0.1, 0.15) is 36.5 Å². The fraction of sp³-hybridized carbons (Fsp3) is 0.417. The highest BCUT2D eigenvalue weighted by Crippen LogP contribution is 2.21. The number of unbranched alkanes of at least 4 members (excludes halogenated alkanes) is 2. The van der Waals surface area contributed by atoms with E-state index in [1.807, 2.05) is 0 Å². The molecule has 0 radical (unpaired) electrons. The van der Waals surface area contributed by atoms with Crippen molar-refractivity contribution >= 4 is 23.3 Å².